The molecule has 1 aromatic rings. The summed E-state index contributed by atoms with van der Waals surface area (Å²) in [7, 11) is 1.95. The molecule has 1 aromatic heterocycles. The highest BCUT2D eigenvalue weighted by Crippen LogP contribution is 2.59. The summed E-state index contributed by atoms with van der Waals surface area (Å²) in [4.78, 5) is 17.0. The minimum atomic E-state index is 0.292. The maximum Gasteiger partial charge on any atom is 0.226 e. The quantitative estimate of drug-likeness (QED) is 0.921. The van der Waals surface area contributed by atoms with E-state index >= 15 is 0 Å². The number of aryl methyl sites for hydroxylation is 1. The molecule has 1 saturated carbocycles. The lowest BCUT2D eigenvalue weighted by Crippen LogP contribution is -2.34. The third-order valence-electron chi connectivity index (χ3n) is 4.65. The predicted octanol–water partition coefficient (Wildman–Crippen LogP) is 2.40. The predicted molar refractivity (Wildman–Crippen MR) is 78.2 cm³/mol. The van der Waals surface area contributed by atoms with Gasteiger partial charge in [0.15, 0.2) is 0 Å². The molecule has 1 aliphatic heterocycles. The van der Waals surface area contributed by atoms with Crippen LogP contribution in [0.4, 0.5) is 0 Å². The van der Waals surface area contributed by atoms with E-state index in [9.17, 15) is 4.79 Å². The van der Waals surface area contributed by atoms with Gasteiger partial charge in [-0.2, -0.15) is 0 Å². The molecule has 1 saturated heterocycles. The van der Waals surface area contributed by atoms with E-state index in [1.165, 1.54) is 22.6 Å². The molecule has 0 aromatic carbocycles. The van der Waals surface area contributed by atoms with Crippen LogP contribution in [0.3, 0.4) is 0 Å². The van der Waals surface area contributed by atoms with Crippen LogP contribution < -0.4 is 5.32 Å². The summed E-state index contributed by atoms with van der Waals surface area (Å²) >= 11 is 1.79. The number of carbonyl (C=O) groups is 1. The molecule has 1 spiro atoms. The number of nitrogens with zero attached hydrogens (tertiary/aromatic N) is 1. The van der Waals surface area contributed by atoms with Gasteiger partial charge in [-0.25, -0.2) is 0 Å². The first-order chi connectivity index (χ1) is 9.11. The average Bonchev–Trinajstić information content (AvgIpc) is 2.92. The minimum Gasteiger partial charge on any atom is -0.340 e. The van der Waals surface area contributed by atoms with Crippen molar-refractivity contribution in [1.82, 2.24) is 10.2 Å². The Morgan fingerprint density at radius 1 is 1.47 bits per heavy atom. The zero-order valence-corrected chi connectivity index (χ0v) is 12.6. The molecular weight excluding hydrogens is 256 g/mol. The average molecular weight is 278 g/mol. The number of hydrogen-bond donors (Lipinski definition) is 1. The Morgan fingerprint density at radius 2 is 2.21 bits per heavy atom. The Bertz CT molecular complexity index is 476. The molecule has 1 amide bonds. The van der Waals surface area contributed by atoms with Crippen LogP contribution in [0.5, 0.6) is 0 Å². The third-order valence-corrected chi connectivity index (χ3v) is 5.64. The van der Waals surface area contributed by atoms with E-state index in [-0.39, 0.29) is 0 Å². The van der Waals surface area contributed by atoms with Gasteiger partial charge in [-0.05, 0) is 56.8 Å². The van der Waals surface area contributed by atoms with Crippen molar-refractivity contribution in [3.05, 3.63) is 21.9 Å². The first kappa shape index (κ1) is 13.1. The molecule has 3 nitrogen and oxygen atoms in total. The van der Waals surface area contributed by atoms with Gasteiger partial charge in [-0.1, -0.05) is 0 Å². The van der Waals surface area contributed by atoms with Crippen molar-refractivity contribution in [2.24, 2.45) is 11.3 Å². The number of rotatable bonds is 3. The number of amides is 1. The summed E-state index contributed by atoms with van der Waals surface area (Å²) in [5.41, 5.74) is 0.349. The Labute approximate surface area is 119 Å². The summed E-state index contributed by atoms with van der Waals surface area (Å²) in [6.07, 6.45) is 3.46. The smallest absolute Gasteiger partial charge is 0.226 e. The molecule has 2 fully saturated rings. The molecule has 1 unspecified atom stereocenters. The first-order valence-corrected chi connectivity index (χ1v) is 7.93. The molecular formula is C15H22N2OS. The molecule has 1 atom stereocenters. The molecule has 2 heterocycles. The standard InChI is InChI=1S/C15H22N2OS/c1-11-3-4-12(19-11)10-17(2)14(18)13-9-15(13)5-7-16-8-6-15/h3-4,13,16H,5-10H2,1-2H3. The largest absolute Gasteiger partial charge is 0.340 e. The lowest BCUT2D eigenvalue weighted by molar-refractivity contribution is -0.132. The lowest BCUT2D eigenvalue weighted by Gasteiger charge is -2.25. The van der Waals surface area contributed by atoms with E-state index < -0.39 is 0 Å². The fraction of sp³-hybridized carbons (Fsp3) is 0.667. The van der Waals surface area contributed by atoms with Gasteiger partial charge in [0.25, 0.3) is 0 Å². The number of carbonyl (C=O) groups excluding carboxylic acids is 1. The highest BCUT2D eigenvalue weighted by Gasteiger charge is 2.58. The van der Waals surface area contributed by atoms with Crippen molar-refractivity contribution < 1.29 is 4.79 Å². The fourth-order valence-electron chi connectivity index (χ4n) is 3.32. The third kappa shape index (κ3) is 2.56. The highest BCUT2D eigenvalue weighted by molar-refractivity contribution is 7.11. The summed E-state index contributed by atoms with van der Waals surface area (Å²) in [6, 6.07) is 4.26. The van der Waals surface area contributed by atoms with E-state index in [1.54, 1.807) is 11.3 Å². The zero-order chi connectivity index (χ0) is 13.5. The number of piperidine rings is 1. The van der Waals surface area contributed by atoms with Crippen LogP contribution in [0.15, 0.2) is 12.1 Å². The molecule has 104 valence electrons. The second kappa shape index (κ2) is 4.91. The molecule has 0 radical (unpaired) electrons. The minimum absolute atomic E-state index is 0.292. The molecule has 2 aliphatic rings. The van der Waals surface area contributed by atoms with Crippen molar-refractivity contribution in [3.63, 3.8) is 0 Å². The number of thiophene rings is 1. The van der Waals surface area contributed by atoms with E-state index in [4.69, 9.17) is 0 Å². The van der Waals surface area contributed by atoms with Crippen LogP contribution in [0.25, 0.3) is 0 Å². The van der Waals surface area contributed by atoms with Gasteiger partial charge < -0.3 is 10.2 Å². The zero-order valence-electron chi connectivity index (χ0n) is 11.7. The maximum atomic E-state index is 12.5. The SMILES string of the molecule is Cc1ccc(CN(C)C(=O)C2CC23CCNCC3)s1. The summed E-state index contributed by atoms with van der Waals surface area (Å²) in [5, 5.41) is 3.39. The van der Waals surface area contributed by atoms with Crippen molar-refractivity contribution in [2.45, 2.75) is 32.7 Å². The van der Waals surface area contributed by atoms with E-state index in [2.05, 4.69) is 24.4 Å². The van der Waals surface area contributed by atoms with Crippen molar-refractivity contribution in [2.75, 3.05) is 20.1 Å². The van der Waals surface area contributed by atoms with Crippen LogP contribution >= 0.6 is 11.3 Å². The van der Waals surface area contributed by atoms with E-state index in [0.29, 0.717) is 17.2 Å². The van der Waals surface area contributed by atoms with Crippen LogP contribution in [-0.4, -0.2) is 30.9 Å². The van der Waals surface area contributed by atoms with Gasteiger partial charge in [-0.3, -0.25) is 4.79 Å². The normalized spacial score (nSPS) is 24.4. The molecule has 0 bridgehead atoms. The Kier molecular flexibility index (Phi) is 3.39. The van der Waals surface area contributed by atoms with Gasteiger partial charge in [0.1, 0.15) is 0 Å². The van der Waals surface area contributed by atoms with Crippen LogP contribution in [0.2, 0.25) is 0 Å². The fourth-order valence-corrected chi connectivity index (χ4v) is 4.27. The van der Waals surface area contributed by atoms with Gasteiger partial charge in [0, 0.05) is 22.7 Å². The number of nitrogens with one attached hydrogen (secondary N) is 1. The van der Waals surface area contributed by atoms with E-state index in [0.717, 1.165) is 26.1 Å². The van der Waals surface area contributed by atoms with Crippen LogP contribution in [0.1, 0.15) is 29.0 Å². The van der Waals surface area contributed by atoms with Crippen LogP contribution in [-0.2, 0) is 11.3 Å². The molecule has 1 N–H and O–H groups in total. The maximum absolute atomic E-state index is 12.5. The monoisotopic (exact) mass is 278 g/mol. The molecule has 19 heavy (non-hydrogen) atoms. The first-order valence-electron chi connectivity index (χ1n) is 7.12. The lowest BCUT2D eigenvalue weighted by atomic mass is 9.91. The summed E-state index contributed by atoms with van der Waals surface area (Å²) in [5.74, 6) is 0.647. The molecule has 3 rings (SSSR count). The second-order valence-electron chi connectivity index (χ2n) is 6.08. The summed E-state index contributed by atoms with van der Waals surface area (Å²) < 4.78 is 0. The molecule has 1 aliphatic carbocycles. The van der Waals surface area contributed by atoms with Gasteiger partial charge >= 0.3 is 0 Å². The van der Waals surface area contributed by atoms with E-state index in [1.807, 2.05) is 11.9 Å². The topological polar surface area (TPSA) is 32.3 Å². The number of hydrogen-bond acceptors (Lipinski definition) is 3. The highest BCUT2D eigenvalue weighted by atomic mass is 32.1. The van der Waals surface area contributed by atoms with Crippen molar-refractivity contribution in [3.8, 4) is 0 Å². The van der Waals surface area contributed by atoms with Gasteiger partial charge in [-0.15, -0.1) is 11.3 Å². The Balaban J connectivity index is 1.59. The Morgan fingerprint density at radius 3 is 2.84 bits per heavy atom. The Hall–Kier alpha value is -0.870. The van der Waals surface area contributed by atoms with Gasteiger partial charge in [0.2, 0.25) is 5.91 Å². The van der Waals surface area contributed by atoms with Crippen LogP contribution in [0, 0.1) is 18.3 Å². The van der Waals surface area contributed by atoms with Crippen molar-refractivity contribution in [1.29, 1.82) is 0 Å². The van der Waals surface area contributed by atoms with Gasteiger partial charge in [0.05, 0.1) is 6.54 Å². The van der Waals surface area contributed by atoms with Crippen molar-refractivity contribution >= 4 is 17.2 Å². The second-order valence-corrected chi connectivity index (χ2v) is 7.45. The summed E-state index contributed by atoms with van der Waals surface area (Å²) in [6.45, 7) is 5.04. The molecule has 4 heteroatoms.